The fourth-order valence-electron chi connectivity index (χ4n) is 17.5. The molecule has 8 aromatic carbocycles. The molecule has 4 aliphatic heterocycles. The standard InChI is InChI=1S/C100H100N4O8/c1-5-9-13-17-21-77-81-57-83-78(22-18-14-10-6-2)85-59-87-80(24-20-16-12-8-4)88-60-86-79(23-19-15-11-7-3)84-58-82(77)90-62-92(84)108-99(75-37-29-67(30-38-75)71-45-53-103-54-46-71)110-94(86)64-96(88)112-100(76-39-31-68(32-40-76)72-47-55-104-56-48-72)111-95(87)63-93(85)109-98(74-35-27-66(28-36-74)70-43-51-102-52-44-70)107-91(83)61-89(81)105-97(106-90)73-33-25-65(26-34-73)69-41-49-101-50-42-69/h25-64,77-80,97-100H,5-24H2,1-4H3. The maximum Gasteiger partial charge on any atom is 0.267 e. The van der Waals surface area contributed by atoms with Crippen LogP contribution in [0.4, 0.5) is 0 Å². The number of benzene rings is 8. The van der Waals surface area contributed by atoms with Crippen LogP contribution in [-0.2, 0) is 0 Å². The molecule has 0 saturated heterocycles. The average molecular weight is 1490 g/mol. The van der Waals surface area contributed by atoms with Crippen molar-refractivity contribution in [2.75, 3.05) is 0 Å². The van der Waals surface area contributed by atoms with Gasteiger partial charge in [0.2, 0.25) is 0 Å². The van der Waals surface area contributed by atoms with Gasteiger partial charge in [-0.2, -0.15) is 0 Å². The fourth-order valence-corrected chi connectivity index (χ4v) is 17.5. The molecule has 5 aliphatic rings. The van der Waals surface area contributed by atoms with Crippen molar-refractivity contribution in [3.8, 4) is 90.5 Å². The Morgan fingerprint density at radius 1 is 0.196 bits per heavy atom. The monoisotopic (exact) mass is 1480 g/mol. The van der Waals surface area contributed by atoms with Gasteiger partial charge in [-0.15, -0.1) is 0 Å². The van der Waals surface area contributed by atoms with Crippen LogP contribution in [0.25, 0.3) is 44.5 Å². The second kappa shape index (κ2) is 34.2. The Bertz CT molecular complexity index is 4400. The molecule has 12 heteroatoms. The Morgan fingerprint density at radius 2 is 0.366 bits per heavy atom. The zero-order valence-corrected chi connectivity index (χ0v) is 64.9. The van der Waals surface area contributed by atoms with Crippen molar-refractivity contribution >= 4 is 0 Å². The molecule has 1 aliphatic carbocycles. The first kappa shape index (κ1) is 73.6. The third-order valence-corrected chi connectivity index (χ3v) is 23.6. The molecule has 17 rings (SSSR count). The van der Waals surface area contributed by atoms with E-state index in [4.69, 9.17) is 37.9 Å². The maximum absolute atomic E-state index is 7.78. The third-order valence-electron chi connectivity index (χ3n) is 23.6. The van der Waals surface area contributed by atoms with Gasteiger partial charge in [0.25, 0.3) is 25.2 Å². The molecule has 12 aromatic rings. The zero-order chi connectivity index (χ0) is 75.7. The van der Waals surface area contributed by atoms with E-state index in [0.29, 0.717) is 46.0 Å². The van der Waals surface area contributed by atoms with E-state index in [0.717, 1.165) is 240 Å². The second-order valence-electron chi connectivity index (χ2n) is 31.0. The summed E-state index contributed by atoms with van der Waals surface area (Å²) >= 11 is 0. The van der Waals surface area contributed by atoms with Gasteiger partial charge in [-0.3, -0.25) is 19.9 Å². The predicted octanol–water partition coefficient (Wildman–Crippen LogP) is 26.5. The van der Waals surface area contributed by atoms with E-state index in [1.54, 1.807) is 0 Å². The van der Waals surface area contributed by atoms with Gasteiger partial charge in [-0.05, 0) is 143 Å². The van der Waals surface area contributed by atoms with Gasteiger partial charge in [0, 0.05) is 164 Å². The molecule has 12 nitrogen and oxygen atoms in total. The topological polar surface area (TPSA) is 125 Å². The van der Waals surface area contributed by atoms with Crippen LogP contribution in [0.3, 0.4) is 0 Å². The van der Waals surface area contributed by atoms with E-state index in [9.17, 15) is 0 Å². The number of rotatable bonds is 28. The number of ether oxygens (including phenoxy) is 8. The molecule has 0 radical (unpaired) electrons. The van der Waals surface area contributed by atoms with Gasteiger partial charge in [0.15, 0.2) is 0 Å². The van der Waals surface area contributed by atoms with E-state index < -0.39 is 25.2 Å². The van der Waals surface area contributed by atoms with Crippen LogP contribution < -0.4 is 37.9 Å². The molecule has 568 valence electrons. The van der Waals surface area contributed by atoms with E-state index in [2.05, 4.69) is 193 Å². The van der Waals surface area contributed by atoms with Crippen molar-refractivity contribution < 1.29 is 37.9 Å². The largest absolute Gasteiger partial charge is 0.450 e. The molecule has 8 heterocycles. The SMILES string of the molecule is CCCCCCC1c2cc3c4cc2OC(c2ccc(-c5ccncc5)cc2)Oc2cc5c(cc21)C(CCCCCC)c1cc2c(cc1OC(c1ccc(-c6ccncc6)cc1)O5)OC(c1ccc(-c5ccncc5)cc1)Oc1cc(c(cc1C2CCCCCC)C3CCCCCC)OC(c1ccc(-c2ccncc2)cc1)O4. The molecule has 4 aromatic heterocycles. The molecule has 0 spiro atoms. The number of unbranched alkanes of at least 4 members (excludes halogenated alkanes) is 12. The summed E-state index contributed by atoms with van der Waals surface area (Å²) in [5.74, 6) is 4.81. The van der Waals surface area contributed by atoms with Crippen LogP contribution in [0.1, 0.15) is 272 Å². The van der Waals surface area contributed by atoms with Crippen molar-refractivity contribution in [1.29, 1.82) is 0 Å². The van der Waals surface area contributed by atoms with Crippen LogP contribution in [0.5, 0.6) is 46.0 Å². The van der Waals surface area contributed by atoms with Crippen LogP contribution in [0, 0.1) is 0 Å². The minimum absolute atomic E-state index is 0.205. The van der Waals surface area contributed by atoms with Gasteiger partial charge in [0.05, 0.1) is 0 Å². The highest BCUT2D eigenvalue weighted by molar-refractivity contribution is 5.69. The van der Waals surface area contributed by atoms with Crippen LogP contribution in [-0.4, -0.2) is 19.9 Å². The highest BCUT2D eigenvalue weighted by Crippen LogP contribution is 2.59. The maximum atomic E-state index is 7.78. The minimum Gasteiger partial charge on any atom is -0.450 e. The van der Waals surface area contributed by atoms with Gasteiger partial charge < -0.3 is 37.9 Å². The van der Waals surface area contributed by atoms with Crippen molar-refractivity contribution in [2.45, 2.75) is 205 Å². The fraction of sp³-hybridized carbons (Fsp3) is 0.320. The summed E-state index contributed by atoms with van der Waals surface area (Å²) in [4.78, 5) is 17.4. The van der Waals surface area contributed by atoms with Crippen LogP contribution in [0.2, 0.25) is 0 Å². The summed E-state index contributed by atoms with van der Waals surface area (Å²) in [7, 11) is 0. The molecule has 0 atom stereocenters. The lowest BCUT2D eigenvalue weighted by Crippen LogP contribution is -2.26. The zero-order valence-electron chi connectivity index (χ0n) is 64.9. The lowest BCUT2D eigenvalue weighted by atomic mass is 9.76. The molecular formula is C100H100N4O8. The summed E-state index contributed by atoms with van der Waals surface area (Å²) in [5, 5.41) is 0. The van der Waals surface area contributed by atoms with Gasteiger partial charge in [-0.25, -0.2) is 0 Å². The predicted molar refractivity (Wildman–Crippen MR) is 443 cm³/mol. The highest BCUT2D eigenvalue weighted by Gasteiger charge is 2.42. The van der Waals surface area contributed by atoms with Crippen molar-refractivity contribution in [1.82, 2.24) is 19.9 Å². The third kappa shape index (κ3) is 15.8. The lowest BCUT2D eigenvalue weighted by molar-refractivity contribution is -0.0120. The Morgan fingerprint density at radius 3 is 0.536 bits per heavy atom. The first-order valence-corrected chi connectivity index (χ1v) is 41.4. The molecule has 112 heavy (non-hydrogen) atoms. The summed E-state index contributed by atoms with van der Waals surface area (Å²) in [6.45, 7) is 9.19. The molecule has 0 saturated carbocycles. The van der Waals surface area contributed by atoms with E-state index in [1.807, 2.05) is 98.1 Å². The summed E-state index contributed by atoms with van der Waals surface area (Å²) in [6, 6.07) is 69.6. The highest BCUT2D eigenvalue weighted by atomic mass is 16.7. The molecule has 8 bridgehead atoms. The Hall–Kier alpha value is -11.2. The van der Waals surface area contributed by atoms with Gasteiger partial charge in [0.1, 0.15) is 46.0 Å². The van der Waals surface area contributed by atoms with E-state index >= 15 is 0 Å². The Labute approximate surface area is 659 Å². The van der Waals surface area contributed by atoms with Crippen LogP contribution in [0.15, 0.2) is 244 Å². The minimum atomic E-state index is -0.935. The number of hydrogen-bond acceptors (Lipinski definition) is 12. The first-order valence-electron chi connectivity index (χ1n) is 41.4. The van der Waals surface area contributed by atoms with Crippen molar-refractivity contribution in [2.24, 2.45) is 0 Å². The Balaban J connectivity index is 0.964. The summed E-state index contributed by atoms with van der Waals surface area (Å²) < 4.78 is 62.2. The smallest absolute Gasteiger partial charge is 0.267 e. The number of hydrogen-bond donors (Lipinski definition) is 0. The van der Waals surface area contributed by atoms with Gasteiger partial charge >= 0.3 is 0 Å². The summed E-state index contributed by atoms with van der Waals surface area (Å²) in [5.41, 5.74) is 20.7. The normalized spacial score (nSPS) is 18.8. The van der Waals surface area contributed by atoms with Crippen LogP contribution >= 0.6 is 0 Å². The van der Waals surface area contributed by atoms with Crippen molar-refractivity contribution in [3.05, 3.63) is 310 Å². The average Bonchev–Trinajstić information content (AvgIpc) is 0.740. The molecule has 0 unspecified atom stereocenters. The molecular weight excluding hydrogens is 1390 g/mol. The Kier molecular flexibility index (Phi) is 22.4. The van der Waals surface area contributed by atoms with Crippen molar-refractivity contribution in [3.63, 3.8) is 0 Å². The molecule has 0 fully saturated rings. The van der Waals surface area contributed by atoms with Gasteiger partial charge in [-0.1, -0.05) is 227 Å². The number of pyridine rings is 4. The number of nitrogens with zero attached hydrogens (tertiary/aromatic N) is 4. The number of aromatic nitrogens is 4. The summed E-state index contributed by atoms with van der Waals surface area (Å²) in [6.07, 6.45) is 31.4. The second-order valence-corrected chi connectivity index (χ2v) is 31.0. The molecule has 0 amide bonds. The first-order chi connectivity index (χ1) is 55.3. The lowest BCUT2D eigenvalue weighted by Gasteiger charge is -2.38. The van der Waals surface area contributed by atoms with E-state index in [-0.39, 0.29) is 23.7 Å². The molecule has 0 N–H and O–H groups in total. The van der Waals surface area contributed by atoms with E-state index in [1.165, 1.54) is 0 Å². The quantitative estimate of drug-likeness (QED) is 0.0434.